The summed E-state index contributed by atoms with van der Waals surface area (Å²) in [6.45, 7) is 7.28. The molecule has 6 heteroatoms. The molecule has 26 heavy (non-hydrogen) atoms. The van der Waals surface area contributed by atoms with Crippen molar-refractivity contribution in [3.8, 4) is 0 Å². The standard InChI is InChI=1S/C20H29N5S/c1-15-11-18(9-10-25(15)14-17-7-5-4-6-8-17)24-20(21-3)23-13-19-12-22-16(2)26-19/h4-8,12,15,18H,9-11,13-14H2,1-3H3,(H2,21,23,24). The van der Waals surface area contributed by atoms with Gasteiger partial charge in [-0.25, -0.2) is 4.98 Å². The molecule has 2 N–H and O–H groups in total. The number of guanidine groups is 1. The van der Waals surface area contributed by atoms with Gasteiger partial charge >= 0.3 is 0 Å². The smallest absolute Gasteiger partial charge is 0.191 e. The minimum Gasteiger partial charge on any atom is -0.354 e. The van der Waals surface area contributed by atoms with E-state index in [9.17, 15) is 0 Å². The van der Waals surface area contributed by atoms with E-state index in [1.54, 1.807) is 11.3 Å². The number of hydrogen-bond acceptors (Lipinski definition) is 4. The second kappa shape index (κ2) is 9.14. The van der Waals surface area contributed by atoms with Gasteiger partial charge in [0.05, 0.1) is 11.6 Å². The van der Waals surface area contributed by atoms with E-state index in [1.165, 1.54) is 10.4 Å². The number of piperidine rings is 1. The van der Waals surface area contributed by atoms with E-state index in [0.29, 0.717) is 12.1 Å². The summed E-state index contributed by atoms with van der Waals surface area (Å²) in [5, 5.41) is 8.10. The van der Waals surface area contributed by atoms with Crippen molar-refractivity contribution in [2.24, 2.45) is 4.99 Å². The van der Waals surface area contributed by atoms with Crippen molar-refractivity contribution < 1.29 is 0 Å². The van der Waals surface area contributed by atoms with Crippen LogP contribution in [0.1, 0.15) is 35.2 Å². The van der Waals surface area contributed by atoms with E-state index in [1.807, 2.05) is 20.2 Å². The SMILES string of the molecule is CN=C(NCc1cnc(C)s1)NC1CCN(Cc2ccccc2)C(C)C1. The summed E-state index contributed by atoms with van der Waals surface area (Å²) >= 11 is 1.72. The minimum atomic E-state index is 0.464. The molecule has 1 aromatic carbocycles. The average Bonchev–Trinajstić information content (AvgIpc) is 3.07. The van der Waals surface area contributed by atoms with E-state index in [-0.39, 0.29) is 0 Å². The van der Waals surface area contributed by atoms with Crippen LogP contribution in [0.25, 0.3) is 0 Å². The van der Waals surface area contributed by atoms with Crippen LogP contribution in [0.3, 0.4) is 0 Å². The Morgan fingerprint density at radius 2 is 2.15 bits per heavy atom. The van der Waals surface area contributed by atoms with Crippen LogP contribution in [0.15, 0.2) is 41.5 Å². The molecular weight excluding hydrogens is 342 g/mol. The van der Waals surface area contributed by atoms with Crippen molar-refractivity contribution in [1.82, 2.24) is 20.5 Å². The van der Waals surface area contributed by atoms with Gasteiger partial charge in [0.15, 0.2) is 5.96 Å². The fourth-order valence-corrected chi connectivity index (χ4v) is 4.19. The summed E-state index contributed by atoms with van der Waals surface area (Å²) in [5.41, 5.74) is 1.39. The van der Waals surface area contributed by atoms with Crippen molar-refractivity contribution in [2.45, 2.75) is 51.9 Å². The molecule has 0 spiro atoms. The molecule has 1 aromatic heterocycles. The molecule has 140 valence electrons. The second-order valence-corrected chi connectivity index (χ2v) is 8.26. The first kappa shape index (κ1) is 18.9. The van der Waals surface area contributed by atoms with Gasteiger partial charge in [0.25, 0.3) is 0 Å². The predicted octanol–water partition coefficient (Wildman–Crippen LogP) is 3.17. The monoisotopic (exact) mass is 371 g/mol. The fraction of sp³-hybridized carbons (Fsp3) is 0.500. The Labute approximate surface area is 160 Å². The molecular formula is C20H29N5S. The molecule has 0 bridgehead atoms. The van der Waals surface area contributed by atoms with Crippen LogP contribution >= 0.6 is 11.3 Å². The Morgan fingerprint density at radius 3 is 2.81 bits per heavy atom. The quantitative estimate of drug-likeness (QED) is 0.626. The average molecular weight is 372 g/mol. The van der Waals surface area contributed by atoms with E-state index in [4.69, 9.17) is 0 Å². The van der Waals surface area contributed by atoms with Gasteiger partial charge < -0.3 is 10.6 Å². The predicted molar refractivity (Wildman–Crippen MR) is 110 cm³/mol. The highest BCUT2D eigenvalue weighted by Crippen LogP contribution is 2.20. The van der Waals surface area contributed by atoms with Crippen LogP contribution in [-0.4, -0.2) is 41.5 Å². The zero-order chi connectivity index (χ0) is 18.4. The van der Waals surface area contributed by atoms with Gasteiger partial charge in [-0.2, -0.15) is 0 Å². The van der Waals surface area contributed by atoms with Crippen LogP contribution in [0.2, 0.25) is 0 Å². The van der Waals surface area contributed by atoms with Gasteiger partial charge in [-0.1, -0.05) is 30.3 Å². The lowest BCUT2D eigenvalue weighted by Crippen LogP contribution is -2.51. The van der Waals surface area contributed by atoms with Gasteiger partial charge in [0.2, 0.25) is 0 Å². The van der Waals surface area contributed by atoms with Gasteiger partial charge in [0, 0.05) is 43.3 Å². The lowest BCUT2D eigenvalue weighted by atomic mass is 9.97. The third-order valence-corrected chi connectivity index (χ3v) is 5.82. The van der Waals surface area contributed by atoms with Gasteiger partial charge in [0.1, 0.15) is 0 Å². The molecule has 0 radical (unpaired) electrons. The topological polar surface area (TPSA) is 52.6 Å². The van der Waals surface area contributed by atoms with Crippen LogP contribution < -0.4 is 10.6 Å². The Kier molecular flexibility index (Phi) is 6.63. The third kappa shape index (κ3) is 5.29. The molecule has 5 nitrogen and oxygen atoms in total. The highest BCUT2D eigenvalue weighted by atomic mass is 32.1. The van der Waals surface area contributed by atoms with E-state index in [2.05, 4.69) is 62.8 Å². The normalized spacial score (nSPS) is 21.6. The van der Waals surface area contributed by atoms with Crippen LogP contribution in [0, 0.1) is 6.92 Å². The number of aliphatic imine (C=N–C) groups is 1. The maximum absolute atomic E-state index is 4.38. The molecule has 2 atom stereocenters. The molecule has 0 amide bonds. The number of nitrogens with zero attached hydrogens (tertiary/aromatic N) is 3. The van der Waals surface area contributed by atoms with Gasteiger partial charge in [-0.15, -0.1) is 11.3 Å². The Bertz CT molecular complexity index is 712. The summed E-state index contributed by atoms with van der Waals surface area (Å²) < 4.78 is 0. The van der Waals surface area contributed by atoms with E-state index < -0.39 is 0 Å². The molecule has 0 saturated carbocycles. The molecule has 1 saturated heterocycles. The maximum Gasteiger partial charge on any atom is 0.191 e. The zero-order valence-electron chi connectivity index (χ0n) is 15.9. The van der Waals surface area contributed by atoms with Gasteiger partial charge in [-0.3, -0.25) is 9.89 Å². The van der Waals surface area contributed by atoms with E-state index in [0.717, 1.165) is 43.4 Å². The molecule has 2 unspecified atom stereocenters. The van der Waals surface area contributed by atoms with Crippen LogP contribution in [0.5, 0.6) is 0 Å². The first-order valence-corrected chi connectivity index (χ1v) is 10.1. The van der Waals surface area contributed by atoms with Crippen LogP contribution in [0.4, 0.5) is 0 Å². The number of likely N-dealkylation sites (tertiary alicyclic amines) is 1. The van der Waals surface area contributed by atoms with Crippen molar-refractivity contribution in [3.05, 3.63) is 52.0 Å². The summed E-state index contributed by atoms with van der Waals surface area (Å²) in [4.78, 5) is 12.5. The second-order valence-electron chi connectivity index (χ2n) is 6.94. The summed E-state index contributed by atoms with van der Waals surface area (Å²) in [5.74, 6) is 0.879. The number of nitrogens with one attached hydrogen (secondary N) is 2. The summed E-state index contributed by atoms with van der Waals surface area (Å²) in [6.07, 6.45) is 4.20. The Morgan fingerprint density at radius 1 is 1.35 bits per heavy atom. The Hall–Kier alpha value is -1.92. The number of aryl methyl sites for hydroxylation is 1. The summed E-state index contributed by atoms with van der Waals surface area (Å²) in [6, 6.07) is 11.8. The molecule has 1 aliphatic rings. The number of benzene rings is 1. The van der Waals surface area contributed by atoms with Crippen molar-refractivity contribution >= 4 is 17.3 Å². The van der Waals surface area contributed by atoms with E-state index >= 15 is 0 Å². The van der Waals surface area contributed by atoms with Gasteiger partial charge in [-0.05, 0) is 32.3 Å². The first-order valence-electron chi connectivity index (χ1n) is 9.30. The Balaban J connectivity index is 1.46. The largest absolute Gasteiger partial charge is 0.354 e. The fourth-order valence-electron chi connectivity index (χ4n) is 3.45. The lowest BCUT2D eigenvalue weighted by Gasteiger charge is -2.38. The van der Waals surface area contributed by atoms with Crippen LogP contribution in [-0.2, 0) is 13.1 Å². The number of thiazole rings is 1. The molecule has 3 rings (SSSR count). The first-order chi connectivity index (χ1) is 12.6. The number of aromatic nitrogens is 1. The van der Waals surface area contributed by atoms with Crippen molar-refractivity contribution in [2.75, 3.05) is 13.6 Å². The lowest BCUT2D eigenvalue weighted by molar-refractivity contribution is 0.134. The number of hydrogen-bond donors (Lipinski definition) is 2. The maximum atomic E-state index is 4.38. The molecule has 2 heterocycles. The highest BCUT2D eigenvalue weighted by molar-refractivity contribution is 7.11. The van der Waals surface area contributed by atoms with Crippen molar-refractivity contribution in [1.29, 1.82) is 0 Å². The minimum absolute atomic E-state index is 0.464. The molecule has 1 fully saturated rings. The number of rotatable bonds is 5. The summed E-state index contributed by atoms with van der Waals surface area (Å²) in [7, 11) is 1.83. The molecule has 2 aromatic rings. The zero-order valence-corrected chi connectivity index (χ0v) is 16.7. The van der Waals surface area contributed by atoms with Crippen molar-refractivity contribution in [3.63, 3.8) is 0 Å². The third-order valence-electron chi connectivity index (χ3n) is 4.91. The highest BCUT2D eigenvalue weighted by Gasteiger charge is 2.25. The molecule has 1 aliphatic heterocycles. The molecule has 0 aliphatic carbocycles.